The standard InChI is InChI=1S/C20H24N2O5S/c23-19-16-9-8-15(28(26,27)14-6-7-14)11-17(16)21-12-22(19)18(20(24)25)10-13-4-2-1-3-5-13/h8-9,11-14,18H,1-7,10H2,(H,24,25). The largest absolute Gasteiger partial charge is 0.480 e. The molecule has 4 rings (SSSR count). The van der Waals surface area contributed by atoms with Gasteiger partial charge in [-0.2, -0.15) is 0 Å². The van der Waals surface area contributed by atoms with Gasteiger partial charge in [0.1, 0.15) is 6.04 Å². The number of nitrogens with zero attached hydrogens (tertiary/aromatic N) is 2. The molecule has 150 valence electrons. The zero-order valence-corrected chi connectivity index (χ0v) is 16.4. The van der Waals surface area contributed by atoms with Crippen LogP contribution in [0.3, 0.4) is 0 Å². The number of sulfone groups is 1. The van der Waals surface area contributed by atoms with E-state index in [2.05, 4.69) is 4.98 Å². The van der Waals surface area contributed by atoms with Crippen LogP contribution in [0.2, 0.25) is 0 Å². The first-order valence-electron chi connectivity index (χ1n) is 9.85. The number of rotatable bonds is 6. The average molecular weight is 404 g/mol. The van der Waals surface area contributed by atoms with Gasteiger partial charge in [0, 0.05) is 0 Å². The number of hydrogen-bond donors (Lipinski definition) is 1. The molecular weight excluding hydrogens is 380 g/mol. The highest BCUT2D eigenvalue weighted by Crippen LogP contribution is 2.34. The predicted molar refractivity (Wildman–Crippen MR) is 104 cm³/mol. The zero-order chi connectivity index (χ0) is 19.9. The van der Waals surface area contributed by atoms with Gasteiger partial charge in [-0.05, 0) is 43.4 Å². The summed E-state index contributed by atoms with van der Waals surface area (Å²) >= 11 is 0. The van der Waals surface area contributed by atoms with Crippen LogP contribution in [0.5, 0.6) is 0 Å². The molecule has 2 saturated carbocycles. The van der Waals surface area contributed by atoms with E-state index in [0.29, 0.717) is 25.2 Å². The van der Waals surface area contributed by atoms with E-state index >= 15 is 0 Å². The number of fused-ring (bicyclic) bond motifs is 1. The van der Waals surface area contributed by atoms with Crippen LogP contribution < -0.4 is 5.56 Å². The summed E-state index contributed by atoms with van der Waals surface area (Å²) in [5.74, 6) is -0.745. The number of aliphatic carboxylic acids is 1. The highest BCUT2D eigenvalue weighted by Gasteiger charge is 2.37. The van der Waals surface area contributed by atoms with Gasteiger partial charge >= 0.3 is 5.97 Å². The third kappa shape index (κ3) is 3.57. The van der Waals surface area contributed by atoms with Crippen molar-refractivity contribution in [2.45, 2.75) is 67.6 Å². The Labute approximate surface area is 163 Å². The van der Waals surface area contributed by atoms with Gasteiger partial charge in [0.25, 0.3) is 5.56 Å². The van der Waals surface area contributed by atoms with Gasteiger partial charge in [0.2, 0.25) is 0 Å². The number of carboxylic acids is 1. The van der Waals surface area contributed by atoms with E-state index in [0.717, 1.165) is 25.7 Å². The SMILES string of the molecule is O=C(O)C(CC1CCCCC1)n1cnc2cc(S(=O)(=O)C3CC3)ccc2c1=O. The van der Waals surface area contributed by atoms with Crippen molar-refractivity contribution < 1.29 is 18.3 Å². The highest BCUT2D eigenvalue weighted by atomic mass is 32.2. The van der Waals surface area contributed by atoms with Gasteiger partial charge in [0.15, 0.2) is 9.84 Å². The molecule has 2 aromatic rings. The molecule has 1 aromatic carbocycles. The normalized spacial score (nSPS) is 19.6. The van der Waals surface area contributed by atoms with Crippen LogP contribution in [0.25, 0.3) is 10.9 Å². The molecule has 7 nitrogen and oxygen atoms in total. The molecule has 1 unspecified atom stereocenters. The van der Waals surface area contributed by atoms with Gasteiger partial charge in [-0.15, -0.1) is 0 Å². The van der Waals surface area contributed by atoms with E-state index in [4.69, 9.17) is 0 Å². The van der Waals surface area contributed by atoms with Crippen molar-refractivity contribution >= 4 is 26.7 Å². The first kappa shape index (κ1) is 19.1. The summed E-state index contributed by atoms with van der Waals surface area (Å²) in [4.78, 5) is 29.2. The molecular formula is C20H24N2O5S. The van der Waals surface area contributed by atoms with Crippen molar-refractivity contribution in [1.82, 2.24) is 9.55 Å². The lowest BCUT2D eigenvalue weighted by atomic mass is 9.85. The minimum atomic E-state index is -3.37. The van der Waals surface area contributed by atoms with Gasteiger partial charge in [-0.25, -0.2) is 18.2 Å². The van der Waals surface area contributed by atoms with E-state index in [1.165, 1.54) is 35.5 Å². The quantitative estimate of drug-likeness (QED) is 0.793. The number of benzene rings is 1. The summed E-state index contributed by atoms with van der Waals surface area (Å²) in [5, 5.41) is 9.61. The molecule has 1 atom stereocenters. The Hall–Kier alpha value is -2.22. The predicted octanol–water partition coefficient (Wildman–Crippen LogP) is 2.93. The molecule has 0 spiro atoms. The van der Waals surface area contributed by atoms with Gasteiger partial charge < -0.3 is 5.11 Å². The van der Waals surface area contributed by atoms with Gasteiger partial charge in [-0.1, -0.05) is 32.1 Å². The van der Waals surface area contributed by atoms with E-state index in [1.807, 2.05) is 0 Å². The first-order valence-corrected chi connectivity index (χ1v) is 11.4. The van der Waals surface area contributed by atoms with E-state index in [9.17, 15) is 23.1 Å². The molecule has 0 amide bonds. The number of carboxylic acid groups (broad SMARTS) is 1. The molecule has 2 aliphatic carbocycles. The highest BCUT2D eigenvalue weighted by molar-refractivity contribution is 7.92. The second kappa shape index (κ2) is 7.31. The number of carbonyl (C=O) groups is 1. The van der Waals surface area contributed by atoms with E-state index in [-0.39, 0.29) is 21.0 Å². The van der Waals surface area contributed by atoms with Crippen molar-refractivity contribution in [2.24, 2.45) is 5.92 Å². The summed E-state index contributed by atoms with van der Waals surface area (Å²) in [5.41, 5.74) is -0.159. The number of aromatic nitrogens is 2. The fourth-order valence-corrected chi connectivity index (χ4v) is 5.83. The Morgan fingerprint density at radius 2 is 1.89 bits per heavy atom. The maximum Gasteiger partial charge on any atom is 0.326 e. The average Bonchev–Trinajstić information content (AvgIpc) is 3.53. The van der Waals surface area contributed by atoms with E-state index < -0.39 is 27.4 Å². The van der Waals surface area contributed by atoms with Crippen LogP contribution in [0.15, 0.2) is 34.2 Å². The van der Waals surface area contributed by atoms with Gasteiger partial charge in [0.05, 0.1) is 27.4 Å². The van der Waals surface area contributed by atoms with Crippen molar-refractivity contribution in [3.8, 4) is 0 Å². The Bertz CT molecular complexity index is 1070. The molecule has 0 bridgehead atoms. The van der Waals surface area contributed by atoms with E-state index in [1.54, 1.807) is 0 Å². The van der Waals surface area contributed by atoms with Crippen LogP contribution in [0.4, 0.5) is 0 Å². The van der Waals surface area contributed by atoms with Crippen molar-refractivity contribution in [2.75, 3.05) is 0 Å². The summed E-state index contributed by atoms with van der Waals surface area (Å²) < 4.78 is 26.0. The first-order chi connectivity index (χ1) is 13.4. The van der Waals surface area contributed by atoms with Crippen molar-refractivity contribution in [3.63, 3.8) is 0 Å². The molecule has 28 heavy (non-hydrogen) atoms. The maximum atomic E-state index is 12.9. The lowest BCUT2D eigenvalue weighted by Crippen LogP contribution is -2.32. The zero-order valence-electron chi connectivity index (χ0n) is 15.6. The Morgan fingerprint density at radius 3 is 2.54 bits per heavy atom. The van der Waals surface area contributed by atoms with Crippen LogP contribution in [0, 0.1) is 5.92 Å². The minimum Gasteiger partial charge on any atom is -0.480 e. The third-order valence-electron chi connectivity index (χ3n) is 5.95. The third-order valence-corrected chi connectivity index (χ3v) is 8.21. The molecule has 1 aromatic heterocycles. The van der Waals surface area contributed by atoms with Crippen molar-refractivity contribution in [3.05, 3.63) is 34.9 Å². The van der Waals surface area contributed by atoms with Crippen molar-refractivity contribution in [1.29, 1.82) is 0 Å². The topological polar surface area (TPSA) is 106 Å². The second-order valence-corrected chi connectivity index (χ2v) is 10.2. The summed E-state index contributed by atoms with van der Waals surface area (Å²) in [6.45, 7) is 0. The minimum absolute atomic E-state index is 0.171. The molecule has 1 N–H and O–H groups in total. The molecule has 1 heterocycles. The molecule has 0 aliphatic heterocycles. The van der Waals surface area contributed by atoms with Crippen LogP contribution in [-0.2, 0) is 14.6 Å². The molecule has 2 aliphatic rings. The molecule has 8 heteroatoms. The Kier molecular flexibility index (Phi) is 4.99. The van der Waals surface area contributed by atoms with Gasteiger partial charge in [-0.3, -0.25) is 9.36 Å². The lowest BCUT2D eigenvalue weighted by Gasteiger charge is -2.25. The Morgan fingerprint density at radius 1 is 1.18 bits per heavy atom. The van der Waals surface area contributed by atoms with Crippen LogP contribution in [0.1, 0.15) is 57.4 Å². The molecule has 0 radical (unpaired) electrons. The smallest absolute Gasteiger partial charge is 0.326 e. The maximum absolute atomic E-state index is 12.9. The lowest BCUT2D eigenvalue weighted by molar-refractivity contribution is -0.141. The number of hydrogen-bond acceptors (Lipinski definition) is 5. The molecule has 0 saturated heterocycles. The Balaban J connectivity index is 1.69. The summed E-state index contributed by atoms with van der Waals surface area (Å²) in [6, 6.07) is 3.35. The fraction of sp³-hybridized carbons (Fsp3) is 0.550. The van der Waals surface area contributed by atoms with Crippen LogP contribution >= 0.6 is 0 Å². The summed E-state index contributed by atoms with van der Waals surface area (Å²) in [6.07, 6.45) is 8.34. The second-order valence-electron chi connectivity index (χ2n) is 7.97. The van der Waals surface area contributed by atoms with Crippen LogP contribution in [-0.4, -0.2) is 34.3 Å². The monoisotopic (exact) mass is 404 g/mol. The summed E-state index contributed by atoms with van der Waals surface area (Å²) in [7, 11) is -3.37. The molecule has 2 fully saturated rings. The fourth-order valence-electron chi connectivity index (χ4n) is 4.16.